The van der Waals surface area contributed by atoms with Crippen LogP contribution in [0.1, 0.15) is 17.5 Å². The van der Waals surface area contributed by atoms with E-state index in [1.54, 1.807) is 7.11 Å². The molecular weight excluding hydrogens is 270 g/mol. The summed E-state index contributed by atoms with van der Waals surface area (Å²) in [5.41, 5.74) is 8.71. The number of nitrogens with two attached hydrogens (primary N) is 1. The molecule has 0 saturated heterocycles. The molecule has 0 aliphatic carbocycles. The summed E-state index contributed by atoms with van der Waals surface area (Å²) in [6.07, 6.45) is 2.83. The molecule has 3 heteroatoms. The van der Waals surface area contributed by atoms with Crippen LogP contribution >= 0.6 is 11.6 Å². The van der Waals surface area contributed by atoms with E-state index in [2.05, 4.69) is 12.1 Å². The van der Waals surface area contributed by atoms with Crippen LogP contribution < -0.4 is 10.5 Å². The van der Waals surface area contributed by atoms with E-state index >= 15 is 0 Å². The minimum atomic E-state index is 0.165. The largest absolute Gasteiger partial charge is 0.497 e. The van der Waals surface area contributed by atoms with Crippen molar-refractivity contribution in [2.45, 2.75) is 25.3 Å². The second-order valence-corrected chi connectivity index (χ2v) is 5.41. The highest BCUT2D eigenvalue weighted by molar-refractivity contribution is 6.30. The quantitative estimate of drug-likeness (QED) is 0.876. The molecule has 1 unspecified atom stereocenters. The molecule has 2 aromatic carbocycles. The van der Waals surface area contributed by atoms with E-state index in [9.17, 15) is 0 Å². The summed E-state index contributed by atoms with van der Waals surface area (Å²) in [5, 5.41) is 0.764. The van der Waals surface area contributed by atoms with Crippen LogP contribution in [0.4, 0.5) is 0 Å². The van der Waals surface area contributed by atoms with Crippen molar-refractivity contribution in [2.24, 2.45) is 5.73 Å². The SMILES string of the molecule is COc1ccc(CCC(N)Cc2ccc(Cl)cc2)cc1. The van der Waals surface area contributed by atoms with Crippen molar-refractivity contribution in [3.8, 4) is 5.75 Å². The van der Waals surface area contributed by atoms with Gasteiger partial charge in [0.25, 0.3) is 0 Å². The van der Waals surface area contributed by atoms with Crippen LogP contribution in [0, 0.1) is 0 Å². The highest BCUT2D eigenvalue weighted by Crippen LogP contribution is 2.15. The Morgan fingerprint density at radius 3 is 2.20 bits per heavy atom. The third-order valence-electron chi connectivity index (χ3n) is 3.37. The number of hydrogen-bond acceptors (Lipinski definition) is 2. The van der Waals surface area contributed by atoms with Gasteiger partial charge in [-0.1, -0.05) is 35.9 Å². The molecule has 106 valence electrons. The number of rotatable bonds is 6. The molecule has 0 fully saturated rings. The Hall–Kier alpha value is -1.51. The van der Waals surface area contributed by atoms with Crippen LogP contribution in [0.25, 0.3) is 0 Å². The standard InChI is InChI=1S/C17H20ClNO/c1-20-17-10-5-13(6-11-17)4-9-16(19)12-14-2-7-15(18)8-3-14/h2-3,5-8,10-11,16H,4,9,12,19H2,1H3. The third kappa shape index (κ3) is 4.55. The first kappa shape index (κ1) is 14.9. The van der Waals surface area contributed by atoms with Gasteiger partial charge in [0.1, 0.15) is 5.75 Å². The van der Waals surface area contributed by atoms with Gasteiger partial charge in [0.15, 0.2) is 0 Å². The van der Waals surface area contributed by atoms with E-state index in [4.69, 9.17) is 22.1 Å². The molecule has 2 nitrogen and oxygen atoms in total. The Labute approximate surface area is 125 Å². The Kier molecular flexibility index (Phi) is 5.45. The molecule has 0 saturated carbocycles. The Bertz CT molecular complexity index is 522. The predicted molar refractivity (Wildman–Crippen MR) is 84.4 cm³/mol. The van der Waals surface area contributed by atoms with Crippen molar-refractivity contribution >= 4 is 11.6 Å². The van der Waals surface area contributed by atoms with Gasteiger partial charge in [0.2, 0.25) is 0 Å². The molecule has 2 rings (SSSR count). The lowest BCUT2D eigenvalue weighted by atomic mass is 10.00. The maximum absolute atomic E-state index is 6.19. The summed E-state index contributed by atoms with van der Waals surface area (Å²) in [6, 6.07) is 16.2. The van der Waals surface area contributed by atoms with Crippen LogP contribution in [0.15, 0.2) is 48.5 Å². The van der Waals surface area contributed by atoms with Crippen molar-refractivity contribution in [3.05, 3.63) is 64.7 Å². The minimum absolute atomic E-state index is 0.165. The molecule has 0 radical (unpaired) electrons. The first-order valence-electron chi connectivity index (χ1n) is 6.80. The first-order valence-corrected chi connectivity index (χ1v) is 7.18. The molecule has 0 bridgehead atoms. The molecule has 0 heterocycles. The fraction of sp³-hybridized carbons (Fsp3) is 0.294. The number of hydrogen-bond donors (Lipinski definition) is 1. The van der Waals surface area contributed by atoms with E-state index < -0.39 is 0 Å². The second kappa shape index (κ2) is 7.32. The van der Waals surface area contributed by atoms with Gasteiger partial charge in [-0.3, -0.25) is 0 Å². The zero-order valence-corrected chi connectivity index (χ0v) is 12.4. The van der Waals surface area contributed by atoms with Crippen molar-refractivity contribution < 1.29 is 4.74 Å². The summed E-state index contributed by atoms with van der Waals surface area (Å²) < 4.78 is 5.15. The highest BCUT2D eigenvalue weighted by atomic mass is 35.5. The smallest absolute Gasteiger partial charge is 0.118 e. The Balaban J connectivity index is 1.82. The summed E-state index contributed by atoms with van der Waals surface area (Å²) >= 11 is 5.87. The van der Waals surface area contributed by atoms with Crippen molar-refractivity contribution in [3.63, 3.8) is 0 Å². The highest BCUT2D eigenvalue weighted by Gasteiger charge is 2.05. The van der Waals surface area contributed by atoms with Crippen LogP contribution in [0.5, 0.6) is 5.75 Å². The zero-order valence-electron chi connectivity index (χ0n) is 11.7. The van der Waals surface area contributed by atoms with Gasteiger partial charge in [-0.15, -0.1) is 0 Å². The number of halogens is 1. The maximum atomic E-state index is 6.19. The van der Waals surface area contributed by atoms with Crippen LogP contribution in [0.2, 0.25) is 5.02 Å². The van der Waals surface area contributed by atoms with Gasteiger partial charge in [-0.25, -0.2) is 0 Å². The second-order valence-electron chi connectivity index (χ2n) is 4.98. The van der Waals surface area contributed by atoms with Gasteiger partial charge < -0.3 is 10.5 Å². The first-order chi connectivity index (χ1) is 9.67. The summed E-state index contributed by atoms with van der Waals surface area (Å²) in [5.74, 6) is 0.888. The molecule has 20 heavy (non-hydrogen) atoms. The van der Waals surface area contributed by atoms with Crippen molar-refractivity contribution in [1.82, 2.24) is 0 Å². The van der Waals surface area contributed by atoms with Gasteiger partial charge >= 0.3 is 0 Å². The van der Waals surface area contributed by atoms with E-state index in [-0.39, 0.29) is 6.04 Å². The van der Waals surface area contributed by atoms with Gasteiger partial charge in [0.05, 0.1) is 7.11 Å². The summed E-state index contributed by atoms with van der Waals surface area (Å²) in [6.45, 7) is 0. The molecule has 0 aliphatic heterocycles. The van der Waals surface area contributed by atoms with Gasteiger partial charge in [-0.2, -0.15) is 0 Å². The summed E-state index contributed by atoms with van der Waals surface area (Å²) in [4.78, 5) is 0. The topological polar surface area (TPSA) is 35.2 Å². The fourth-order valence-electron chi connectivity index (χ4n) is 2.17. The third-order valence-corrected chi connectivity index (χ3v) is 3.63. The minimum Gasteiger partial charge on any atom is -0.497 e. The molecule has 0 amide bonds. The molecule has 2 N–H and O–H groups in total. The normalized spacial score (nSPS) is 12.2. The molecule has 0 spiro atoms. The number of aryl methyl sites for hydroxylation is 1. The molecule has 0 aliphatic rings. The number of benzene rings is 2. The lowest BCUT2D eigenvalue weighted by Gasteiger charge is -2.12. The Morgan fingerprint density at radius 2 is 1.60 bits per heavy atom. The summed E-state index contributed by atoms with van der Waals surface area (Å²) in [7, 11) is 1.68. The molecule has 2 aromatic rings. The zero-order chi connectivity index (χ0) is 14.4. The molecule has 1 atom stereocenters. The lowest BCUT2D eigenvalue weighted by Crippen LogP contribution is -2.23. The van der Waals surface area contributed by atoms with E-state index in [1.165, 1.54) is 11.1 Å². The average Bonchev–Trinajstić information content (AvgIpc) is 2.48. The van der Waals surface area contributed by atoms with Gasteiger partial charge in [-0.05, 0) is 54.7 Å². The van der Waals surface area contributed by atoms with Crippen LogP contribution in [-0.4, -0.2) is 13.2 Å². The van der Waals surface area contributed by atoms with Crippen LogP contribution in [0.3, 0.4) is 0 Å². The van der Waals surface area contributed by atoms with Crippen LogP contribution in [-0.2, 0) is 12.8 Å². The maximum Gasteiger partial charge on any atom is 0.118 e. The number of methoxy groups -OCH3 is 1. The van der Waals surface area contributed by atoms with E-state index in [0.29, 0.717) is 0 Å². The van der Waals surface area contributed by atoms with E-state index in [1.807, 2.05) is 36.4 Å². The predicted octanol–water partition coefficient (Wildman–Crippen LogP) is 3.85. The average molecular weight is 290 g/mol. The molecular formula is C17H20ClNO. The molecule has 0 aromatic heterocycles. The van der Waals surface area contributed by atoms with Crippen molar-refractivity contribution in [2.75, 3.05) is 7.11 Å². The lowest BCUT2D eigenvalue weighted by molar-refractivity contribution is 0.414. The number of ether oxygens (including phenoxy) is 1. The fourth-order valence-corrected chi connectivity index (χ4v) is 2.30. The Morgan fingerprint density at radius 1 is 1.00 bits per heavy atom. The monoisotopic (exact) mass is 289 g/mol. The van der Waals surface area contributed by atoms with E-state index in [0.717, 1.165) is 30.0 Å². The van der Waals surface area contributed by atoms with Crippen molar-refractivity contribution in [1.29, 1.82) is 0 Å². The van der Waals surface area contributed by atoms with Gasteiger partial charge in [0, 0.05) is 11.1 Å².